The van der Waals surface area contributed by atoms with Crippen molar-refractivity contribution in [3.8, 4) is 0 Å². The molecule has 3 aliphatic rings. The lowest BCUT2D eigenvalue weighted by Crippen LogP contribution is -2.38. The summed E-state index contributed by atoms with van der Waals surface area (Å²) in [6, 6.07) is 5.39. The van der Waals surface area contributed by atoms with Crippen LogP contribution in [0.4, 0.5) is 10.1 Å². The number of carbonyl (C=O) groups is 2. The third-order valence-corrected chi connectivity index (χ3v) is 4.41. The van der Waals surface area contributed by atoms with Gasteiger partial charge in [0.05, 0.1) is 29.2 Å². The first-order chi connectivity index (χ1) is 9.51. The summed E-state index contributed by atoms with van der Waals surface area (Å²) in [5, 5.41) is 0. The van der Waals surface area contributed by atoms with Gasteiger partial charge >= 0.3 is 0 Å². The summed E-state index contributed by atoms with van der Waals surface area (Å²) in [5.41, 5.74) is -0.282. The number of hydrogen-bond acceptors (Lipinski definition) is 3. The molecule has 4 nitrogen and oxygen atoms in total. The van der Waals surface area contributed by atoms with Crippen molar-refractivity contribution < 1.29 is 18.7 Å². The highest BCUT2D eigenvalue weighted by Gasteiger charge is 2.65. The van der Waals surface area contributed by atoms with Gasteiger partial charge in [0.25, 0.3) is 0 Å². The summed E-state index contributed by atoms with van der Waals surface area (Å²) in [6.45, 7) is 1.83. The maximum Gasteiger partial charge on any atom is 0.241 e. The summed E-state index contributed by atoms with van der Waals surface area (Å²) in [7, 11) is 0. The first-order valence-electron chi connectivity index (χ1n) is 6.52. The van der Waals surface area contributed by atoms with E-state index in [9.17, 15) is 14.0 Å². The number of anilines is 1. The Morgan fingerprint density at radius 2 is 1.90 bits per heavy atom. The first kappa shape index (κ1) is 11.8. The quantitative estimate of drug-likeness (QED) is 0.577. The van der Waals surface area contributed by atoms with Crippen molar-refractivity contribution in [2.45, 2.75) is 18.6 Å². The summed E-state index contributed by atoms with van der Waals surface area (Å²) in [4.78, 5) is 26.2. The van der Waals surface area contributed by atoms with Gasteiger partial charge in [-0.25, -0.2) is 9.29 Å². The molecule has 0 radical (unpaired) electrons. The van der Waals surface area contributed by atoms with Crippen molar-refractivity contribution in [2.24, 2.45) is 11.8 Å². The number of ether oxygens (including phenoxy) is 1. The molecule has 2 bridgehead atoms. The van der Waals surface area contributed by atoms with Gasteiger partial charge in [0.15, 0.2) is 0 Å². The van der Waals surface area contributed by atoms with Crippen molar-refractivity contribution in [1.29, 1.82) is 0 Å². The van der Waals surface area contributed by atoms with Crippen LogP contribution in [0.5, 0.6) is 0 Å². The van der Waals surface area contributed by atoms with Crippen LogP contribution < -0.4 is 4.90 Å². The maximum atomic E-state index is 13.0. The van der Waals surface area contributed by atoms with Crippen molar-refractivity contribution in [1.82, 2.24) is 0 Å². The summed E-state index contributed by atoms with van der Waals surface area (Å²) >= 11 is 0. The molecule has 0 saturated carbocycles. The number of rotatable bonds is 1. The van der Waals surface area contributed by atoms with Gasteiger partial charge in [-0.3, -0.25) is 9.59 Å². The minimum Gasteiger partial charge on any atom is -0.362 e. The van der Waals surface area contributed by atoms with E-state index in [0.717, 1.165) is 4.90 Å². The Labute approximate surface area is 114 Å². The van der Waals surface area contributed by atoms with E-state index in [4.69, 9.17) is 4.74 Å². The molecular formula is C15H12FNO3. The first-order valence-corrected chi connectivity index (χ1v) is 6.52. The zero-order valence-corrected chi connectivity index (χ0v) is 10.7. The predicted octanol–water partition coefficient (Wildman–Crippen LogP) is 1.66. The highest BCUT2D eigenvalue weighted by molar-refractivity contribution is 6.23. The van der Waals surface area contributed by atoms with E-state index in [0.29, 0.717) is 5.69 Å². The number of benzene rings is 1. The molecule has 102 valence electrons. The van der Waals surface area contributed by atoms with Crippen LogP contribution in [-0.2, 0) is 14.3 Å². The van der Waals surface area contributed by atoms with Crippen molar-refractivity contribution in [3.05, 3.63) is 42.2 Å². The van der Waals surface area contributed by atoms with E-state index in [2.05, 4.69) is 0 Å². The Bertz CT molecular complexity index is 654. The minimum atomic E-state index is -0.698. The second-order valence-corrected chi connectivity index (χ2v) is 5.62. The topological polar surface area (TPSA) is 46.6 Å². The van der Waals surface area contributed by atoms with Gasteiger partial charge in [-0.1, -0.05) is 12.2 Å². The van der Waals surface area contributed by atoms with Gasteiger partial charge in [-0.2, -0.15) is 0 Å². The Morgan fingerprint density at radius 1 is 1.20 bits per heavy atom. The van der Waals surface area contributed by atoms with Crippen LogP contribution in [0.3, 0.4) is 0 Å². The van der Waals surface area contributed by atoms with Crippen molar-refractivity contribution in [2.75, 3.05) is 4.90 Å². The monoisotopic (exact) mass is 273 g/mol. The molecule has 2 amide bonds. The highest BCUT2D eigenvalue weighted by Crippen LogP contribution is 2.52. The van der Waals surface area contributed by atoms with Gasteiger partial charge in [0.1, 0.15) is 5.82 Å². The Kier molecular flexibility index (Phi) is 2.09. The van der Waals surface area contributed by atoms with Crippen LogP contribution in [0.1, 0.15) is 6.92 Å². The van der Waals surface area contributed by atoms with E-state index in [1.165, 1.54) is 24.3 Å². The molecule has 0 unspecified atom stereocenters. The molecule has 5 heteroatoms. The van der Waals surface area contributed by atoms with E-state index in [1.807, 2.05) is 19.1 Å². The molecule has 0 aromatic heterocycles. The number of hydrogen-bond donors (Lipinski definition) is 0. The molecule has 20 heavy (non-hydrogen) atoms. The number of fused-ring (bicyclic) bond motifs is 5. The minimum absolute atomic E-state index is 0.260. The third-order valence-electron chi connectivity index (χ3n) is 4.41. The molecule has 3 aliphatic heterocycles. The van der Waals surface area contributed by atoms with E-state index >= 15 is 0 Å². The van der Waals surface area contributed by atoms with Gasteiger partial charge in [0.2, 0.25) is 11.8 Å². The predicted molar refractivity (Wildman–Crippen MR) is 68.3 cm³/mol. The number of nitrogens with zero attached hydrogens (tertiary/aromatic N) is 1. The zero-order chi connectivity index (χ0) is 14.1. The third kappa shape index (κ3) is 1.28. The lowest BCUT2D eigenvalue weighted by Gasteiger charge is -2.24. The van der Waals surface area contributed by atoms with E-state index in [1.54, 1.807) is 0 Å². The lowest BCUT2D eigenvalue weighted by atomic mass is 9.78. The molecule has 0 spiro atoms. The van der Waals surface area contributed by atoms with Crippen LogP contribution in [0.25, 0.3) is 0 Å². The van der Waals surface area contributed by atoms with Crippen molar-refractivity contribution in [3.63, 3.8) is 0 Å². The number of imide groups is 1. The normalized spacial score (nSPS) is 37.9. The molecule has 4 atom stereocenters. The zero-order valence-electron chi connectivity index (χ0n) is 10.7. The van der Waals surface area contributed by atoms with Crippen LogP contribution in [-0.4, -0.2) is 23.5 Å². The van der Waals surface area contributed by atoms with E-state index < -0.39 is 23.3 Å². The number of carbonyl (C=O) groups excluding carboxylic acids is 2. The second-order valence-electron chi connectivity index (χ2n) is 5.62. The average Bonchev–Trinajstić information content (AvgIpc) is 3.01. The molecule has 3 heterocycles. The molecule has 2 saturated heterocycles. The van der Waals surface area contributed by atoms with Crippen molar-refractivity contribution >= 4 is 17.5 Å². The summed E-state index contributed by atoms with van der Waals surface area (Å²) in [6.07, 6.45) is 3.38. The van der Waals surface area contributed by atoms with Crippen LogP contribution in [0.2, 0.25) is 0 Å². The average molecular weight is 273 g/mol. The van der Waals surface area contributed by atoms with Gasteiger partial charge in [-0.05, 0) is 31.2 Å². The fraction of sp³-hybridized carbons (Fsp3) is 0.333. The van der Waals surface area contributed by atoms with Gasteiger partial charge in [-0.15, -0.1) is 0 Å². The highest BCUT2D eigenvalue weighted by atomic mass is 19.1. The SMILES string of the molecule is C[C@@]12C=C[C@H](O1)[C@@H]1C(=O)N(c3ccc(F)cc3)C(=O)[C@@H]12. The Balaban J connectivity index is 1.77. The lowest BCUT2D eigenvalue weighted by molar-refractivity contribution is -0.126. The summed E-state index contributed by atoms with van der Waals surface area (Å²) in [5.74, 6) is -1.85. The van der Waals surface area contributed by atoms with E-state index in [-0.39, 0.29) is 17.9 Å². The number of halogens is 1. The van der Waals surface area contributed by atoms with Crippen LogP contribution in [0, 0.1) is 17.7 Å². The Hall–Kier alpha value is -2.01. The molecule has 0 aliphatic carbocycles. The maximum absolute atomic E-state index is 13.0. The molecule has 2 fully saturated rings. The largest absolute Gasteiger partial charge is 0.362 e. The molecule has 1 aromatic rings. The molecule has 1 aromatic carbocycles. The Morgan fingerprint density at radius 3 is 2.55 bits per heavy atom. The second kappa shape index (κ2) is 3.55. The fourth-order valence-corrected chi connectivity index (χ4v) is 3.50. The number of amides is 2. The molecular weight excluding hydrogens is 261 g/mol. The summed E-state index contributed by atoms with van der Waals surface area (Å²) < 4.78 is 18.7. The van der Waals surface area contributed by atoms with Crippen LogP contribution >= 0.6 is 0 Å². The molecule has 4 rings (SSSR count). The van der Waals surface area contributed by atoms with Gasteiger partial charge < -0.3 is 4.74 Å². The smallest absolute Gasteiger partial charge is 0.241 e. The standard InChI is InChI=1S/C15H12FNO3/c1-15-7-6-10(20-15)11-12(15)14(19)17(13(11)18)9-4-2-8(16)3-5-9/h2-7,10-12H,1H3/t10-,11-,12+,15-/m0/s1. The van der Waals surface area contributed by atoms with Crippen LogP contribution in [0.15, 0.2) is 36.4 Å². The molecule has 0 N–H and O–H groups in total. The van der Waals surface area contributed by atoms with Gasteiger partial charge in [0, 0.05) is 0 Å². The fourth-order valence-electron chi connectivity index (χ4n) is 3.50.